The monoisotopic (exact) mass is 253 g/mol. The zero-order chi connectivity index (χ0) is 6.48. The van der Waals surface area contributed by atoms with Crippen LogP contribution in [0.3, 0.4) is 0 Å². The number of piperidine rings is 1. The molecule has 1 saturated carbocycles. The van der Waals surface area contributed by atoms with Crippen LogP contribution in [0.25, 0.3) is 0 Å². The molecule has 1 nitrogen and oxygen atoms in total. The van der Waals surface area contributed by atoms with E-state index in [1.807, 2.05) is 0 Å². The van der Waals surface area contributed by atoms with Crippen molar-refractivity contribution in [2.24, 2.45) is 11.8 Å². The number of rotatable bonds is 0. The lowest BCUT2D eigenvalue weighted by Gasteiger charge is -2.07. The molecule has 0 spiro atoms. The van der Waals surface area contributed by atoms with Crippen molar-refractivity contribution in [2.75, 3.05) is 13.1 Å². The molecule has 2 rings (SSSR count). The second-order valence-electron chi connectivity index (χ2n) is 2.88. The van der Waals surface area contributed by atoms with Crippen LogP contribution in [0.5, 0.6) is 0 Å². The van der Waals surface area contributed by atoms with Crippen LogP contribution in [0.1, 0.15) is 6.42 Å². The van der Waals surface area contributed by atoms with Crippen LogP contribution < -0.4 is 5.32 Å². The molecule has 0 radical (unpaired) electrons. The van der Waals surface area contributed by atoms with E-state index in [1.54, 1.807) is 0 Å². The highest BCUT2D eigenvalue weighted by molar-refractivity contribution is 9.25. The van der Waals surface area contributed by atoms with Gasteiger partial charge in [-0.1, -0.05) is 31.9 Å². The van der Waals surface area contributed by atoms with Crippen LogP contribution in [0.2, 0.25) is 0 Å². The lowest BCUT2D eigenvalue weighted by molar-refractivity contribution is 0.497. The third-order valence-corrected chi connectivity index (χ3v) is 4.71. The Balaban J connectivity index is 2.06. The Bertz CT molecular complexity index is 121. The predicted octanol–water partition coefficient (Wildman–Crippen LogP) is 1.71. The average molecular weight is 255 g/mol. The van der Waals surface area contributed by atoms with Crippen molar-refractivity contribution >= 4 is 31.9 Å². The number of fused-ring (bicyclic) bond motifs is 1. The largest absolute Gasteiger partial charge is 0.316 e. The van der Waals surface area contributed by atoms with Crippen molar-refractivity contribution in [3.63, 3.8) is 0 Å². The molecule has 2 atom stereocenters. The first-order chi connectivity index (χ1) is 4.23. The van der Waals surface area contributed by atoms with Gasteiger partial charge in [-0.25, -0.2) is 0 Å². The SMILES string of the molecule is BrC1(Br)[C@@H]2CCNC[C@@H]21. The molecule has 1 heterocycles. The molecule has 0 amide bonds. The van der Waals surface area contributed by atoms with Gasteiger partial charge >= 0.3 is 0 Å². The minimum atomic E-state index is 0.309. The molecule has 1 saturated heterocycles. The van der Waals surface area contributed by atoms with Gasteiger partial charge in [0.25, 0.3) is 0 Å². The maximum Gasteiger partial charge on any atom is 0.0881 e. The quantitative estimate of drug-likeness (QED) is 0.650. The molecule has 1 aliphatic heterocycles. The van der Waals surface area contributed by atoms with Crippen LogP contribution >= 0.6 is 31.9 Å². The van der Waals surface area contributed by atoms with E-state index >= 15 is 0 Å². The molecule has 0 aromatic heterocycles. The van der Waals surface area contributed by atoms with Crippen LogP contribution in [0, 0.1) is 11.8 Å². The first kappa shape index (κ1) is 6.62. The zero-order valence-corrected chi connectivity index (χ0v) is 8.20. The molecule has 9 heavy (non-hydrogen) atoms. The highest BCUT2D eigenvalue weighted by atomic mass is 79.9. The zero-order valence-electron chi connectivity index (χ0n) is 5.03. The van der Waals surface area contributed by atoms with Crippen LogP contribution in [-0.2, 0) is 0 Å². The fraction of sp³-hybridized carbons (Fsp3) is 1.00. The second-order valence-corrected chi connectivity index (χ2v) is 6.57. The van der Waals surface area contributed by atoms with Gasteiger partial charge in [0.1, 0.15) is 0 Å². The normalized spacial score (nSPS) is 46.0. The summed E-state index contributed by atoms with van der Waals surface area (Å²) < 4.78 is 0.309. The molecule has 1 N–H and O–H groups in total. The van der Waals surface area contributed by atoms with Crippen molar-refractivity contribution in [3.05, 3.63) is 0 Å². The Morgan fingerprint density at radius 3 is 2.56 bits per heavy atom. The summed E-state index contributed by atoms with van der Waals surface area (Å²) in [6, 6.07) is 0. The Kier molecular flexibility index (Phi) is 1.44. The predicted molar refractivity (Wildman–Crippen MR) is 45.1 cm³/mol. The van der Waals surface area contributed by atoms with E-state index < -0.39 is 0 Å². The van der Waals surface area contributed by atoms with E-state index in [2.05, 4.69) is 37.2 Å². The summed E-state index contributed by atoms with van der Waals surface area (Å²) in [5.74, 6) is 1.73. The van der Waals surface area contributed by atoms with Crippen LogP contribution in [0.15, 0.2) is 0 Å². The fourth-order valence-electron chi connectivity index (χ4n) is 1.65. The molecule has 2 fully saturated rings. The number of hydrogen-bond acceptors (Lipinski definition) is 1. The van der Waals surface area contributed by atoms with Gasteiger partial charge < -0.3 is 5.32 Å². The summed E-state index contributed by atoms with van der Waals surface area (Å²) >= 11 is 7.31. The number of alkyl halides is 2. The minimum absolute atomic E-state index is 0.309. The summed E-state index contributed by atoms with van der Waals surface area (Å²) in [6.07, 6.45) is 1.32. The summed E-state index contributed by atoms with van der Waals surface area (Å²) in [6.45, 7) is 2.38. The van der Waals surface area contributed by atoms with Crippen LogP contribution in [-0.4, -0.2) is 16.3 Å². The maximum absolute atomic E-state index is 3.66. The third-order valence-electron chi connectivity index (χ3n) is 2.36. The Morgan fingerprint density at radius 2 is 2.11 bits per heavy atom. The maximum atomic E-state index is 3.66. The smallest absolute Gasteiger partial charge is 0.0881 e. The van der Waals surface area contributed by atoms with E-state index in [0.29, 0.717) is 3.23 Å². The lowest BCUT2D eigenvalue weighted by Crippen LogP contribution is -2.23. The summed E-state index contributed by atoms with van der Waals surface area (Å²) in [7, 11) is 0. The van der Waals surface area contributed by atoms with Gasteiger partial charge in [-0.05, 0) is 18.9 Å². The van der Waals surface area contributed by atoms with Gasteiger partial charge in [0, 0.05) is 12.5 Å². The van der Waals surface area contributed by atoms with Gasteiger partial charge in [-0.3, -0.25) is 0 Å². The fourth-order valence-corrected chi connectivity index (χ4v) is 3.44. The van der Waals surface area contributed by atoms with E-state index in [1.165, 1.54) is 19.5 Å². The van der Waals surface area contributed by atoms with Gasteiger partial charge in [0.2, 0.25) is 0 Å². The molecule has 3 heteroatoms. The van der Waals surface area contributed by atoms with Crippen molar-refractivity contribution in [1.82, 2.24) is 5.32 Å². The Labute approximate surface area is 71.8 Å². The topological polar surface area (TPSA) is 12.0 Å². The molecule has 2 aliphatic rings. The summed E-state index contributed by atoms with van der Waals surface area (Å²) in [4.78, 5) is 0. The first-order valence-electron chi connectivity index (χ1n) is 3.31. The minimum Gasteiger partial charge on any atom is -0.316 e. The third kappa shape index (κ3) is 0.889. The number of nitrogens with one attached hydrogen (secondary N) is 1. The molecule has 1 aliphatic carbocycles. The lowest BCUT2D eigenvalue weighted by atomic mass is 10.2. The van der Waals surface area contributed by atoms with Crippen molar-refractivity contribution in [3.8, 4) is 0 Å². The molecular weight excluding hydrogens is 246 g/mol. The first-order valence-corrected chi connectivity index (χ1v) is 4.90. The van der Waals surface area contributed by atoms with Crippen molar-refractivity contribution in [1.29, 1.82) is 0 Å². The van der Waals surface area contributed by atoms with Crippen molar-refractivity contribution in [2.45, 2.75) is 9.65 Å². The molecule has 0 unspecified atom stereocenters. The van der Waals surface area contributed by atoms with Gasteiger partial charge in [-0.2, -0.15) is 0 Å². The highest BCUT2D eigenvalue weighted by Crippen LogP contribution is 2.63. The molecule has 0 aromatic carbocycles. The van der Waals surface area contributed by atoms with E-state index in [9.17, 15) is 0 Å². The second kappa shape index (κ2) is 1.95. The molecule has 52 valence electrons. The summed E-state index contributed by atoms with van der Waals surface area (Å²) in [5, 5.41) is 3.37. The Hall–Kier alpha value is 0.920. The molecule has 0 aromatic rings. The van der Waals surface area contributed by atoms with Crippen LogP contribution in [0.4, 0.5) is 0 Å². The van der Waals surface area contributed by atoms with Crippen molar-refractivity contribution < 1.29 is 0 Å². The Morgan fingerprint density at radius 1 is 1.33 bits per heavy atom. The van der Waals surface area contributed by atoms with E-state index in [0.717, 1.165) is 11.8 Å². The highest BCUT2D eigenvalue weighted by Gasteiger charge is 2.61. The molecular formula is C6H9Br2N. The molecule has 0 bridgehead atoms. The van der Waals surface area contributed by atoms with Gasteiger partial charge in [-0.15, -0.1) is 0 Å². The van der Waals surface area contributed by atoms with E-state index in [-0.39, 0.29) is 0 Å². The standard InChI is InChI=1S/C6H9Br2N/c7-6(8)4-1-2-9-3-5(4)6/h4-5,9H,1-3H2/t4-,5+/m1/s1. The number of halogens is 2. The summed E-state index contributed by atoms with van der Waals surface area (Å²) in [5.41, 5.74) is 0. The van der Waals surface area contributed by atoms with Gasteiger partial charge in [0.05, 0.1) is 3.23 Å². The van der Waals surface area contributed by atoms with Gasteiger partial charge in [0.15, 0.2) is 0 Å². The van der Waals surface area contributed by atoms with E-state index in [4.69, 9.17) is 0 Å². The number of hydrogen-bond donors (Lipinski definition) is 1. The average Bonchev–Trinajstić information content (AvgIpc) is 2.39.